The Morgan fingerprint density at radius 3 is 2.53 bits per heavy atom. The highest BCUT2D eigenvalue weighted by Crippen LogP contribution is 2.57. The number of carbonyl (C=O) groups excluding carboxylic acids is 1. The van der Waals surface area contributed by atoms with Crippen molar-refractivity contribution in [2.45, 2.75) is 62.8 Å². The zero-order chi connectivity index (χ0) is 33.1. The molecule has 11 nitrogen and oxygen atoms in total. The van der Waals surface area contributed by atoms with Gasteiger partial charge in [-0.3, -0.25) is 4.79 Å². The lowest BCUT2D eigenvalue weighted by Crippen LogP contribution is -2.44. The molecule has 2 heterocycles. The highest BCUT2D eigenvalue weighted by Gasteiger charge is 2.56. The van der Waals surface area contributed by atoms with Crippen LogP contribution in [-0.2, 0) is 31.3 Å². The number of aromatic nitrogens is 2. The van der Waals surface area contributed by atoms with Crippen LogP contribution in [-0.4, -0.2) is 48.0 Å². The van der Waals surface area contributed by atoms with Crippen LogP contribution < -0.4 is 11.2 Å². The van der Waals surface area contributed by atoms with Crippen LogP contribution in [0.3, 0.4) is 0 Å². The molecule has 2 bridgehead atoms. The molecule has 250 valence electrons. The first-order valence-corrected chi connectivity index (χ1v) is 18.4. The Balaban J connectivity index is 1.07. The predicted molar refractivity (Wildman–Crippen MR) is 173 cm³/mol. The first kappa shape index (κ1) is 32.8. The molecule has 2 aromatic carbocycles. The Kier molecular flexibility index (Phi) is 8.83. The second-order valence-corrected chi connectivity index (χ2v) is 15.9. The summed E-state index contributed by atoms with van der Waals surface area (Å²) in [4.78, 5) is 17.2. The average molecular weight is 726 g/mol. The van der Waals surface area contributed by atoms with Gasteiger partial charge in [0, 0.05) is 29.2 Å². The van der Waals surface area contributed by atoms with Crippen molar-refractivity contribution in [2.75, 3.05) is 12.3 Å². The molecule has 0 spiro atoms. The molecular weight excluding hydrogens is 694 g/mol. The molecule has 4 atom stereocenters. The number of nitrogens with zero attached hydrogens (tertiary/aromatic N) is 2. The number of nitrogens with one attached hydrogen (secondary N) is 1. The van der Waals surface area contributed by atoms with E-state index in [4.69, 9.17) is 38.4 Å². The number of fused-ring (bicyclic) bond motifs is 3. The van der Waals surface area contributed by atoms with Gasteiger partial charge in [0.1, 0.15) is 27.6 Å². The number of ether oxygens (including phenoxy) is 1. The maximum atomic E-state index is 15.2. The van der Waals surface area contributed by atoms with Crippen molar-refractivity contribution < 1.29 is 36.3 Å². The van der Waals surface area contributed by atoms with E-state index in [9.17, 15) is 18.3 Å². The van der Waals surface area contributed by atoms with Crippen molar-refractivity contribution in [1.29, 1.82) is 0 Å². The van der Waals surface area contributed by atoms with E-state index in [1.165, 1.54) is 6.07 Å². The van der Waals surface area contributed by atoms with Crippen LogP contribution in [0.5, 0.6) is 0 Å². The van der Waals surface area contributed by atoms with Gasteiger partial charge in [-0.15, -0.1) is 11.3 Å². The van der Waals surface area contributed by atoms with Gasteiger partial charge in [-0.1, -0.05) is 34.4 Å². The summed E-state index contributed by atoms with van der Waals surface area (Å²) in [5, 5.41) is 20.3. The van der Waals surface area contributed by atoms with Gasteiger partial charge in [0.2, 0.25) is 0 Å². The van der Waals surface area contributed by atoms with E-state index < -0.39 is 33.2 Å². The third kappa shape index (κ3) is 6.19. The molecule has 2 unspecified atom stereocenters. The summed E-state index contributed by atoms with van der Waals surface area (Å²) < 4.78 is 54.6. The summed E-state index contributed by atoms with van der Waals surface area (Å²) in [6.45, 7) is -0.0104. The maximum absolute atomic E-state index is 15.2. The number of benzene rings is 2. The van der Waals surface area contributed by atoms with Crippen LogP contribution >= 0.6 is 34.5 Å². The van der Waals surface area contributed by atoms with Gasteiger partial charge in [0.05, 0.1) is 33.2 Å². The number of aliphatic hydroxyl groups is 1. The molecule has 16 heteroatoms. The van der Waals surface area contributed by atoms with Gasteiger partial charge in [0.15, 0.2) is 5.82 Å². The Bertz CT molecular complexity index is 1930. The topological polar surface area (TPSA) is 167 Å². The molecule has 7 rings (SSSR count). The number of amides is 1. The standard InChI is InChI=1S/C31H31Cl2FN4O7S2/c32-21-2-1-3-22(33)25(21)26-20(28(44-38-26)15-4-5-15)14-43-19-12-17-6-7-18(13-19)31(17,40)30-37-27-23(34)10-16(11-24(27)46-30)29(39)36-8-9-47(41,42)45-35/h1-3,10-11,15,17-19,40H,4-9,12-14,35H2,(H,36,39)/t17-,18+,19?,31?. The lowest BCUT2D eigenvalue weighted by atomic mass is 9.73. The minimum atomic E-state index is -3.97. The van der Waals surface area contributed by atoms with Gasteiger partial charge < -0.3 is 19.7 Å². The second-order valence-electron chi connectivity index (χ2n) is 12.4. The molecular formula is C31H31Cl2FN4O7S2. The molecule has 47 heavy (non-hydrogen) atoms. The van der Waals surface area contributed by atoms with Crippen LogP contribution in [0.15, 0.2) is 34.9 Å². The normalized spacial score (nSPS) is 24.2. The molecule has 0 aliphatic heterocycles. The van der Waals surface area contributed by atoms with Crippen LogP contribution in [0.2, 0.25) is 10.0 Å². The van der Waals surface area contributed by atoms with Crippen molar-refractivity contribution in [3.8, 4) is 11.3 Å². The lowest BCUT2D eigenvalue weighted by Gasteiger charge is -2.41. The number of nitrogens with two attached hydrogens (primary N) is 1. The smallest absolute Gasteiger partial charge is 0.284 e. The van der Waals surface area contributed by atoms with E-state index in [1.54, 1.807) is 18.2 Å². The molecule has 3 aliphatic carbocycles. The van der Waals surface area contributed by atoms with Crippen LogP contribution in [0.25, 0.3) is 21.5 Å². The van der Waals surface area contributed by atoms with Gasteiger partial charge in [-0.05, 0) is 74.6 Å². The third-order valence-electron chi connectivity index (χ3n) is 9.47. The van der Waals surface area contributed by atoms with Gasteiger partial charge in [-0.25, -0.2) is 9.37 Å². The zero-order valence-electron chi connectivity index (χ0n) is 24.9. The van der Waals surface area contributed by atoms with Gasteiger partial charge in [0.25, 0.3) is 16.0 Å². The Morgan fingerprint density at radius 2 is 1.87 bits per heavy atom. The summed E-state index contributed by atoms with van der Waals surface area (Å²) in [6.07, 6.45) is 4.60. The van der Waals surface area contributed by atoms with Gasteiger partial charge >= 0.3 is 0 Å². The lowest BCUT2D eigenvalue weighted by molar-refractivity contribution is -0.116. The quantitative estimate of drug-likeness (QED) is 0.161. The summed E-state index contributed by atoms with van der Waals surface area (Å²) in [7, 11) is -3.97. The maximum Gasteiger partial charge on any atom is 0.284 e. The highest BCUT2D eigenvalue weighted by atomic mass is 35.5. The minimum absolute atomic E-state index is 0.0000788. The second kappa shape index (κ2) is 12.6. The van der Waals surface area contributed by atoms with E-state index in [0.717, 1.165) is 54.4 Å². The summed E-state index contributed by atoms with van der Waals surface area (Å²) in [5.74, 6) is 3.56. The predicted octanol–water partition coefficient (Wildman–Crippen LogP) is 5.82. The highest BCUT2D eigenvalue weighted by molar-refractivity contribution is 7.86. The SMILES string of the molecule is NOS(=O)(=O)CCNC(=O)c1cc(F)c2nc(C3(O)[C@@H]4CC[C@H]3CC(OCc3c(-c5c(Cl)cccc5Cl)noc3C3CC3)C4)sc2c1. The third-order valence-corrected chi connectivity index (χ3v) is 12.2. The zero-order valence-corrected chi connectivity index (χ0v) is 28.0. The number of carbonyl (C=O) groups is 1. The average Bonchev–Trinajstić information content (AvgIpc) is 3.61. The van der Waals surface area contributed by atoms with E-state index >= 15 is 4.39 Å². The number of thiazole rings is 1. The van der Waals surface area contributed by atoms with Gasteiger partial charge in [-0.2, -0.15) is 18.6 Å². The van der Waals surface area contributed by atoms with Crippen LogP contribution in [0.4, 0.5) is 4.39 Å². The monoisotopic (exact) mass is 724 g/mol. The van der Waals surface area contributed by atoms with E-state index in [-0.39, 0.29) is 48.1 Å². The van der Waals surface area contributed by atoms with E-state index in [1.807, 2.05) is 0 Å². The fourth-order valence-electron chi connectivity index (χ4n) is 6.97. The molecule has 2 aromatic heterocycles. The number of hydrogen-bond donors (Lipinski definition) is 3. The molecule has 3 aliphatic rings. The Morgan fingerprint density at radius 1 is 1.17 bits per heavy atom. The molecule has 4 N–H and O–H groups in total. The molecule has 3 fully saturated rings. The van der Waals surface area contributed by atoms with Crippen molar-refractivity contribution in [3.05, 3.63) is 68.1 Å². The Labute approximate surface area is 283 Å². The van der Waals surface area contributed by atoms with Crippen LogP contribution in [0, 0.1) is 17.7 Å². The molecule has 3 saturated carbocycles. The summed E-state index contributed by atoms with van der Waals surface area (Å²) in [6, 6.07) is 7.83. The van der Waals surface area contributed by atoms with Crippen molar-refractivity contribution in [2.24, 2.45) is 17.7 Å². The number of hydrogen-bond acceptors (Lipinski definition) is 11. The fraction of sp³-hybridized carbons (Fsp3) is 0.452. The van der Waals surface area contributed by atoms with Crippen molar-refractivity contribution >= 4 is 60.8 Å². The molecule has 0 radical (unpaired) electrons. The van der Waals surface area contributed by atoms with Crippen molar-refractivity contribution in [1.82, 2.24) is 15.5 Å². The Hall–Kier alpha value is -2.69. The number of halogens is 3. The molecule has 1 amide bonds. The summed E-state index contributed by atoms with van der Waals surface area (Å²) >= 11 is 14.2. The fourth-order valence-corrected chi connectivity index (χ4v) is 9.26. The first-order chi connectivity index (χ1) is 22.5. The minimum Gasteiger partial charge on any atom is -0.382 e. The van der Waals surface area contributed by atoms with E-state index in [2.05, 4.69) is 19.7 Å². The molecule has 4 aromatic rings. The summed E-state index contributed by atoms with van der Waals surface area (Å²) in [5.41, 5.74) is 0.837. The van der Waals surface area contributed by atoms with Crippen molar-refractivity contribution in [3.63, 3.8) is 0 Å². The van der Waals surface area contributed by atoms with E-state index in [0.29, 0.717) is 43.9 Å². The number of rotatable bonds is 11. The largest absolute Gasteiger partial charge is 0.382 e. The van der Waals surface area contributed by atoms with Crippen LogP contribution in [0.1, 0.15) is 71.1 Å². The first-order valence-electron chi connectivity index (χ1n) is 15.2. The molecule has 0 saturated heterocycles.